The molecular weight excluding hydrogens is 621 g/mol. The monoisotopic (exact) mass is 662 g/mol. The second-order valence-electron chi connectivity index (χ2n) is 13.6. The molecule has 0 amide bonds. The van der Waals surface area contributed by atoms with Crippen molar-refractivity contribution in [2.45, 2.75) is 52.4 Å². The van der Waals surface area contributed by atoms with Gasteiger partial charge in [0.05, 0.1) is 33.5 Å². The van der Waals surface area contributed by atoms with Gasteiger partial charge in [0.1, 0.15) is 5.82 Å². The number of aromatic nitrogens is 4. The van der Waals surface area contributed by atoms with Crippen molar-refractivity contribution < 1.29 is 0 Å². The summed E-state index contributed by atoms with van der Waals surface area (Å²) in [7, 11) is 0. The first-order valence-corrected chi connectivity index (χ1v) is 18.2. The SMILES string of the molecule is CCC(C)c1ccc(C(C)CC)c2c1nc(-c1ccc(-c3ccc(-c4nc5ccccc5nc4-c4ccccc4)cc3)cc1)n2-c1ccccc1. The summed E-state index contributed by atoms with van der Waals surface area (Å²) in [5.74, 6) is 1.81. The van der Waals surface area contributed by atoms with Gasteiger partial charge in [-0.05, 0) is 71.2 Å². The molecule has 2 aromatic heterocycles. The van der Waals surface area contributed by atoms with Crippen LogP contribution >= 0.6 is 0 Å². The fourth-order valence-electron chi connectivity index (χ4n) is 7.11. The number of nitrogens with zero attached hydrogens (tertiary/aromatic N) is 4. The van der Waals surface area contributed by atoms with Crippen molar-refractivity contribution >= 4 is 22.1 Å². The van der Waals surface area contributed by atoms with E-state index in [9.17, 15) is 0 Å². The number of hydrogen-bond donors (Lipinski definition) is 0. The van der Waals surface area contributed by atoms with E-state index in [0.29, 0.717) is 11.8 Å². The lowest BCUT2D eigenvalue weighted by Gasteiger charge is -2.18. The highest BCUT2D eigenvalue weighted by Gasteiger charge is 2.23. The summed E-state index contributed by atoms with van der Waals surface area (Å²) in [6.45, 7) is 9.17. The maximum Gasteiger partial charge on any atom is 0.145 e. The molecule has 0 radical (unpaired) electrons. The number of benzene rings is 6. The van der Waals surface area contributed by atoms with Crippen LogP contribution in [0.25, 0.3) is 72.8 Å². The van der Waals surface area contributed by atoms with E-state index in [0.717, 1.165) is 80.1 Å². The first-order chi connectivity index (χ1) is 25.0. The Morgan fingerprint density at radius 1 is 0.451 bits per heavy atom. The van der Waals surface area contributed by atoms with E-state index in [-0.39, 0.29) is 0 Å². The predicted molar refractivity (Wildman–Crippen MR) is 213 cm³/mol. The van der Waals surface area contributed by atoms with Crippen LogP contribution in [0.1, 0.15) is 63.5 Å². The first-order valence-electron chi connectivity index (χ1n) is 18.2. The van der Waals surface area contributed by atoms with Crippen LogP contribution < -0.4 is 0 Å². The van der Waals surface area contributed by atoms with Crippen LogP contribution in [-0.4, -0.2) is 19.5 Å². The molecule has 6 aromatic carbocycles. The molecule has 0 aliphatic rings. The van der Waals surface area contributed by atoms with Gasteiger partial charge in [-0.2, -0.15) is 0 Å². The van der Waals surface area contributed by atoms with Crippen molar-refractivity contribution in [2.75, 3.05) is 0 Å². The van der Waals surface area contributed by atoms with Gasteiger partial charge in [0.2, 0.25) is 0 Å². The van der Waals surface area contributed by atoms with Crippen molar-refractivity contribution in [2.24, 2.45) is 0 Å². The molecule has 2 atom stereocenters. The first kappa shape index (κ1) is 32.3. The topological polar surface area (TPSA) is 43.6 Å². The molecule has 0 aliphatic heterocycles. The van der Waals surface area contributed by atoms with E-state index < -0.39 is 0 Å². The Morgan fingerprint density at radius 3 is 1.47 bits per heavy atom. The third kappa shape index (κ3) is 6.01. The summed E-state index contributed by atoms with van der Waals surface area (Å²) in [6.07, 6.45) is 2.14. The van der Waals surface area contributed by atoms with Gasteiger partial charge in [0, 0.05) is 22.4 Å². The molecule has 0 aliphatic carbocycles. The molecule has 0 bridgehead atoms. The van der Waals surface area contributed by atoms with Gasteiger partial charge >= 0.3 is 0 Å². The zero-order valence-electron chi connectivity index (χ0n) is 29.7. The van der Waals surface area contributed by atoms with E-state index in [1.807, 2.05) is 42.5 Å². The smallest absolute Gasteiger partial charge is 0.145 e. The minimum Gasteiger partial charge on any atom is -0.292 e. The highest BCUT2D eigenvalue weighted by Crippen LogP contribution is 2.39. The third-order valence-electron chi connectivity index (χ3n) is 10.4. The van der Waals surface area contributed by atoms with Crippen LogP contribution in [0.2, 0.25) is 0 Å². The van der Waals surface area contributed by atoms with Crippen LogP contribution in [0.15, 0.2) is 146 Å². The highest BCUT2D eigenvalue weighted by atomic mass is 15.1. The molecule has 0 spiro atoms. The summed E-state index contributed by atoms with van der Waals surface area (Å²) in [5, 5.41) is 0. The summed E-state index contributed by atoms with van der Waals surface area (Å²) < 4.78 is 2.39. The number of hydrogen-bond acceptors (Lipinski definition) is 3. The Balaban J connectivity index is 1.20. The summed E-state index contributed by atoms with van der Waals surface area (Å²) >= 11 is 0. The maximum absolute atomic E-state index is 5.46. The van der Waals surface area contributed by atoms with Crippen LogP contribution in [0.4, 0.5) is 0 Å². The van der Waals surface area contributed by atoms with Gasteiger partial charge in [0.25, 0.3) is 0 Å². The van der Waals surface area contributed by atoms with Crippen LogP contribution in [0, 0.1) is 0 Å². The van der Waals surface area contributed by atoms with Gasteiger partial charge < -0.3 is 0 Å². The molecule has 8 rings (SSSR count). The molecule has 4 nitrogen and oxygen atoms in total. The summed E-state index contributed by atoms with van der Waals surface area (Å²) in [4.78, 5) is 15.6. The zero-order chi connectivity index (χ0) is 34.9. The Kier molecular flexibility index (Phi) is 8.75. The molecule has 8 aromatic rings. The molecule has 0 fully saturated rings. The number of rotatable bonds is 9. The minimum absolute atomic E-state index is 0.417. The molecule has 51 heavy (non-hydrogen) atoms. The van der Waals surface area contributed by atoms with Gasteiger partial charge in [-0.15, -0.1) is 0 Å². The Labute approximate surface area is 300 Å². The van der Waals surface area contributed by atoms with Gasteiger partial charge in [-0.3, -0.25) is 4.57 Å². The molecule has 2 unspecified atom stereocenters. The quantitative estimate of drug-likeness (QED) is 0.154. The van der Waals surface area contributed by atoms with E-state index in [1.165, 1.54) is 16.6 Å². The standard InChI is InChI=1S/C47H42N4/c1-5-31(3)39-29-30-40(32(4)6-2)46-45(39)50-47(51(46)38-17-11-8-12-18-38)37-27-23-34(24-28-37)33-21-25-36(26-22-33)44-43(35-15-9-7-10-16-35)48-41-19-13-14-20-42(41)49-44/h7-32H,5-6H2,1-4H3. The summed E-state index contributed by atoms with van der Waals surface area (Å²) in [5.41, 5.74) is 15.2. The second kappa shape index (κ2) is 13.8. The average Bonchev–Trinajstić information content (AvgIpc) is 3.61. The molecular formula is C47H42N4. The Morgan fingerprint density at radius 2 is 0.902 bits per heavy atom. The predicted octanol–water partition coefficient (Wildman–Crippen LogP) is 12.7. The molecule has 4 heteroatoms. The van der Waals surface area contributed by atoms with E-state index >= 15 is 0 Å². The average molecular weight is 663 g/mol. The van der Waals surface area contributed by atoms with Crippen molar-refractivity contribution in [1.29, 1.82) is 0 Å². The normalized spacial score (nSPS) is 12.7. The lowest BCUT2D eigenvalue weighted by molar-refractivity contribution is 0.726. The van der Waals surface area contributed by atoms with Gasteiger partial charge in [-0.1, -0.05) is 149 Å². The molecule has 0 N–H and O–H groups in total. The number of fused-ring (bicyclic) bond motifs is 2. The maximum atomic E-state index is 5.46. The van der Waals surface area contributed by atoms with Crippen molar-refractivity contribution in [3.8, 4) is 50.7 Å². The number of imidazole rings is 1. The van der Waals surface area contributed by atoms with Crippen molar-refractivity contribution in [3.63, 3.8) is 0 Å². The van der Waals surface area contributed by atoms with Gasteiger partial charge in [-0.25, -0.2) is 15.0 Å². The third-order valence-corrected chi connectivity index (χ3v) is 10.4. The molecule has 2 heterocycles. The Hall–Kier alpha value is -5.87. The number of para-hydroxylation sites is 3. The van der Waals surface area contributed by atoms with Crippen molar-refractivity contribution in [1.82, 2.24) is 19.5 Å². The molecule has 250 valence electrons. The van der Waals surface area contributed by atoms with E-state index in [4.69, 9.17) is 15.0 Å². The highest BCUT2D eigenvalue weighted by molar-refractivity contribution is 5.90. The lowest BCUT2D eigenvalue weighted by atomic mass is 9.91. The van der Waals surface area contributed by atoms with Gasteiger partial charge in [0.15, 0.2) is 0 Å². The molecule has 0 saturated carbocycles. The fraction of sp³-hybridized carbons (Fsp3) is 0.170. The zero-order valence-corrected chi connectivity index (χ0v) is 29.7. The molecule has 0 saturated heterocycles. The fourth-order valence-corrected chi connectivity index (χ4v) is 7.11. The Bertz CT molecular complexity index is 2440. The largest absolute Gasteiger partial charge is 0.292 e. The van der Waals surface area contributed by atoms with Crippen LogP contribution in [0.5, 0.6) is 0 Å². The lowest BCUT2D eigenvalue weighted by Crippen LogP contribution is -2.03. The van der Waals surface area contributed by atoms with Crippen LogP contribution in [-0.2, 0) is 0 Å². The summed E-state index contributed by atoms with van der Waals surface area (Å²) in [6, 6.07) is 51.3. The van der Waals surface area contributed by atoms with E-state index in [1.54, 1.807) is 0 Å². The second-order valence-corrected chi connectivity index (χ2v) is 13.6. The minimum atomic E-state index is 0.417. The van der Waals surface area contributed by atoms with Crippen molar-refractivity contribution in [3.05, 3.63) is 157 Å². The van der Waals surface area contributed by atoms with Crippen LogP contribution in [0.3, 0.4) is 0 Å². The van der Waals surface area contributed by atoms with E-state index in [2.05, 4.69) is 135 Å².